The van der Waals surface area contributed by atoms with E-state index in [2.05, 4.69) is 23.6 Å². The first kappa shape index (κ1) is 24.3. The van der Waals surface area contributed by atoms with Crippen LogP contribution in [0.2, 0.25) is 0 Å². The highest BCUT2D eigenvalue weighted by molar-refractivity contribution is 6.35. The van der Waals surface area contributed by atoms with E-state index in [1.165, 1.54) is 4.90 Å². The summed E-state index contributed by atoms with van der Waals surface area (Å²) < 4.78 is 11.2. The van der Waals surface area contributed by atoms with E-state index >= 15 is 0 Å². The second kappa shape index (κ2) is 12.0. The molecule has 0 radical (unpaired) electrons. The van der Waals surface area contributed by atoms with Crippen molar-refractivity contribution >= 4 is 17.4 Å². The highest BCUT2D eigenvalue weighted by Crippen LogP contribution is 2.33. The first-order valence-electron chi connectivity index (χ1n) is 12.0. The molecule has 0 bridgehead atoms. The van der Waals surface area contributed by atoms with Crippen molar-refractivity contribution in [3.8, 4) is 5.75 Å². The molecular formula is C25H37N3O4. The molecule has 0 N–H and O–H groups in total. The van der Waals surface area contributed by atoms with Gasteiger partial charge < -0.3 is 19.3 Å². The Morgan fingerprint density at radius 2 is 1.56 bits per heavy atom. The lowest BCUT2D eigenvalue weighted by atomic mass is 10.0. The first-order valence-corrected chi connectivity index (χ1v) is 12.0. The number of nitrogens with zero attached hydrogens (tertiary/aromatic N) is 3. The lowest BCUT2D eigenvalue weighted by Crippen LogP contribution is -2.47. The number of carbonyl (C=O) groups excluding carboxylic acids is 2. The number of likely N-dealkylation sites (N-methyl/N-ethyl adjacent to an activating group) is 1. The minimum atomic E-state index is -0.208. The lowest BCUT2D eigenvalue weighted by molar-refractivity contribution is -0.137. The van der Waals surface area contributed by atoms with E-state index in [0.29, 0.717) is 37.4 Å². The van der Waals surface area contributed by atoms with Crippen LogP contribution in [0, 0.1) is 0 Å². The Morgan fingerprint density at radius 1 is 0.875 bits per heavy atom. The van der Waals surface area contributed by atoms with Gasteiger partial charge in [-0.05, 0) is 44.0 Å². The fourth-order valence-electron chi connectivity index (χ4n) is 4.17. The average molecular weight is 444 g/mol. The van der Waals surface area contributed by atoms with Gasteiger partial charge in [0.05, 0.1) is 12.2 Å². The van der Waals surface area contributed by atoms with E-state index in [0.717, 1.165) is 63.5 Å². The quantitative estimate of drug-likeness (QED) is 0.366. The second-order valence-corrected chi connectivity index (χ2v) is 8.18. The lowest BCUT2D eigenvalue weighted by Gasteiger charge is -2.36. The smallest absolute Gasteiger partial charge is 0.277 e. The molecule has 1 aromatic carbocycles. The van der Waals surface area contributed by atoms with Gasteiger partial charge in [0.15, 0.2) is 0 Å². The number of imide groups is 1. The third-order valence-corrected chi connectivity index (χ3v) is 6.05. The maximum Gasteiger partial charge on any atom is 0.277 e. The normalized spacial score (nSPS) is 17.6. The first-order chi connectivity index (χ1) is 15.6. The average Bonchev–Trinajstić information content (AvgIpc) is 3.06. The van der Waals surface area contributed by atoms with Crippen molar-refractivity contribution in [3.63, 3.8) is 0 Å². The van der Waals surface area contributed by atoms with E-state index in [1.807, 2.05) is 31.2 Å². The van der Waals surface area contributed by atoms with Crippen LogP contribution in [0.15, 0.2) is 30.0 Å². The van der Waals surface area contributed by atoms with Gasteiger partial charge in [0.25, 0.3) is 11.8 Å². The van der Waals surface area contributed by atoms with Gasteiger partial charge in [-0.15, -0.1) is 0 Å². The maximum absolute atomic E-state index is 13.4. The third kappa shape index (κ3) is 5.70. The fourth-order valence-corrected chi connectivity index (χ4v) is 4.17. The highest BCUT2D eigenvalue weighted by Gasteiger charge is 2.41. The van der Waals surface area contributed by atoms with Crippen LogP contribution >= 0.6 is 0 Å². The largest absolute Gasteiger partial charge is 0.494 e. The van der Waals surface area contributed by atoms with Gasteiger partial charge in [0.1, 0.15) is 11.4 Å². The molecule has 1 aromatic rings. The van der Waals surface area contributed by atoms with Gasteiger partial charge in [-0.3, -0.25) is 14.5 Å². The summed E-state index contributed by atoms with van der Waals surface area (Å²) in [6.45, 7) is 12.7. The summed E-state index contributed by atoms with van der Waals surface area (Å²) in [4.78, 5) is 32.7. The van der Waals surface area contributed by atoms with Crippen LogP contribution in [0.3, 0.4) is 0 Å². The minimum absolute atomic E-state index is 0.183. The molecule has 7 heteroatoms. The van der Waals surface area contributed by atoms with Crippen molar-refractivity contribution in [1.82, 2.24) is 14.7 Å². The minimum Gasteiger partial charge on any atom is -0.494 e. The molecule has 3 rings (SSSR count). The summed E-state index contributed by atoms with van der Waals surface area (Å²) >= 11 is 0. The van der Waals surface area contributed by atoms with Crippen molar-refractivity contribution in [1.29, 1.82) is 0 Å². The molecule has 2 heterocycles. The number of piperazine rings is 1. The number of ether oxygens (including phenoxy) is 2. The summed E-state index contributed by atoms with van der Waals surface area (Å²) in [7, 11) is 0. The molecule has 0 aliphatic carbocycles. The van der Waals surface area contributed by atoms with Gasteiger partial charge in [-0.25, -0.2) is 0 Å². The predicted molar refractivity (Wildman–Crippen MR) is 125 cm³/mol. The van der Waals surface area contributed by atoms with Crippen LogP contribution < -0.4 is 4.74 Å². The Morgan fingerprint density at radius 3 is 2.19 bits per heavy atom. The summed E-state index contributed by atoms with van der Waals surface area (Å²) in [5.41, 5.74) is 1.82. The molecule has 0 unspecified atom stereocenters. The molecule has 176 valence electrons. The molecule has 2 aliphatic rings. The molecule has 0 spiro atoms. The maximum atomic E-state index is 13.4. The number of rotatable bonds is 12. The molecule has 0 saturated carbocycles. The Kier molecular flexibility index (Phi) is 9.11. The van der Waals surface area contributed by atoms with Crippen LogP contribution in [-0.4, -0.2) is 85.6 Å². The zero-order chi connectivity index (χ0) is 22.9. The molecule has 7 nitrogen and oxygen atoms in total. The summed E-state index contributed by atoms with van der Waals surface area (Å²) in [5, 5.41) is 0. The summed E-state index contributed by atoms with van der Waals surface area (Å²) in [6.07, 6.45) is 2.76. The van der Waals surface area contributed by atoms with Crippen LogP contribution in [0.25, 0.3) is 5.57 Å². The number of hydrogen-bond donors (Lipinski definition) is 0. The predicted octanol–water partition coefficient (Wildman–Crippen LogP) is 3.01. The highest BCUT2D eigenvalue weighted by atomic mass is 16.5. The number of benzene rings is 1. The number of carbonyl (C=O) groups is 2. The van der Waals surface area contributed by atoms with Crippen LogP contribution in [0.4, 0.5) is 0 Å². The molecular weight excluding hydrogens is 406 g/mol. The molecule has 0 atom stereocenters. The molecule has 1 saturated heterocycles. The van der Waals surface area contributed by atoms with Crippen molar-refractivity contribution in [2.24, 2.45) is 0 Å². The summed E-state index contributed by atoms with van der Waals surface area (Å²) in [5.74, 6) is 0.367. The number of unbranched alkanes of at least 4 members (excludes halogenated alkanes) is 1. The zero-order valence-electron chi connectivity index (χ0n) is 19.8. The Balaban J connectivity index is 1.79. The number of hydrogen-bond acceptors (Lipinski definition) is 6. The topological polar surface area (TPSA) is 62.3 Å². The second-order valence-electron chi connectivity index (χ2n) is 8.18. The van der Waals surface area contributed by atoms with E-state index < -0.39 is 0 Å². The van der Waals surface area contributed by atoms with Gasteiger partial charge in [-0.1, -0.05) is 32.4 Å². The van der Waals surface area contributed by atoms with Crippen molar-refractivity contribution in [3.05, 3.63) is 35.5 Å². The Hall–Kier alpha value is -2.38. The van der Waals surface area contributed by atoms with Crippen LogP contribution in [-0.2, 0) is 14.3 Å². The fraction of sp³-hybridized carbons (Fsp3) is 0.600. The van der Waals surface area contributed by atoms with Gasteiger partial charge in [0.2, 0.25) is 0 Å². The van der Waals surface area contributed by atoms with E-state index in [-0.39, 0.29) is 11.8 Å². The molecule has 2 amide bonds. The summed E-state index contributed by atoms with van der Waals surface area (Å²) in [6, 6.07) is 7.48. The number of amides is 2. The Labute approximate surface area is 191 Å². The van der Waals surface area contributed by atoms with Crippen molar-refractivity contribution < 1.29 is 19.1 Å². The molecule has 32 heavy (non-hydrogen) atoms. The molecule has 1 fully saturated rings. The van der Waals surface area contributed by atoms with Crippen LogP contribution in [0.5, 0.6) is 5.75 Å². The van der Waals surface area contributed by atoms with E-state index in [4.69, 9.17) is 9.47 Å². The Bertz CT molecular complexity index is 798. The van der Waals surface area contributed by atoms with Crippen LogP contribution in [0.1, 0.15) is 45.6 Å². The monoisotopic (exact) mass is 443 g/mol. The van der Waals surface area contributed by atoms with Gasteiger partial charge in [-0.2, -0.15) is 0 Å². The molecule has 2 aliphatic heterocycles. The van der Waals surface area contributed by atoms with E-state index in [1.54, 1.807) is 0 Å². The van der Waals surface area contributed by atoms with Gasteiger partial charge in [0, 0.05) is 45.9 Å². The molecule has 0 aromatic heterocycles. The van der Waals surface area contributed by atoms with Crippen molar-refractivity contribution in [2.45, 2.75) is 40.0 Å². The van der Waals surface area contributed by atoms with E-state index in [9.17, 15) is 9.59 Å². The SMILES string of the molecule is CCCCOCCCN1C(=O)C(c2ccc(OCC)cc2)=C(N2CCN(CC)CC2)C1=O. The van der Waals surface area contributed by atoms with Gasteiger partial charge >= 0.3 is 0 Å². The third-order valence-electron chi connectivity index (χ3n) is 6.05. The standard InChI is InChI=1S/C25H37N3O4/c1-4-7-18-31-19-8-13-28-24(29)22(20-9-11-21(12-10-20)32-6-3)23(25(28)30)27-16-14-26(5-2)15-17-27/h9-12H,4-8,13-19H2,1-3H3. The zero-order valence-corrected chi connectivity index (χ0v) is 19.8. The van der Waals surface area contributed by atoms with Crippen molar-refractivity contribution in [2.75, 3.05) is 59.1 Å².